The highest BCUT2D eigenvalue weighted by Gasteiger charge is 2.22. The van der Waals surface area contributed by atoms with Crippen LogP contribution in [0, 0.1) is 0 Å². The van der Waals surface area contributed by atoms with E-state index in [1.165, 1.54) is 0 Å². The molecule has 0 radical (unpaired) electrons. The maximum atomic E-state index is 13.0. The molecule has 1 unspecified atom stereocenters. The lowest BCUT2D eigenvalue weighted by atomic mass is 10.0. The smallest absolute Gasteiger partial charge is 0.253 e. The van der Waals surface area contributed by atoms with E-state index in [9.17, 15) is 14.7 Å². The molecular weight excluding hydrogens is 452 g/mol. The van der Waals surface area contributed by atoms with E-state index in [2.05, 4.69) is 16.0 Å². The average molecular weight is 491 g/mol. The van der Waals surface area contributed by atoms with Crippen LogP contribution < -0.4 is 16.0 Å². The normalized spacial score (nSPS) is 12.6. The molecular formula is C29H38N4O3. The van der Waals surface area contributed by atoms with Crippen LogP contribution in [-0.4, -0.2) is 45.2 Å². The maximum absolute atomic E-state index is 13.0. The van der Waals surface area contributed by atoms with E-state index in [0.717, 1.165) is 11.1 Å². The minimum absolute atomic E-state index is 0.161. The quantitative estimate of drug-likeness (QED) is 0.369. The fourth-order valence-corrected chi connectivity index (χ4v) is 3.83. The number of para-hydroxylation sites is 1. The molecule has 2 amide bonds. The molecule has 7 heteroatoms. The first-order valence-electron chi connectivity index (χ1n) is 12.2. The average Bonchev–Trinajstić information content (AvgIpc) is 3.20. The first-order valence-corrected chi connectivity index (χ1v) is 12.2. The minimum Gasteiger partial charge on any atom is -0.389 e. The van der Waals surface area contributed by atoms with Crippen molar-refractivity contribution in [3.05, 3.63) is 78.1 Å². The molecule has 0 saturated heterocycles. The van der Waals surface area contributed by atoms with Crippen molar-refractivity contribution < 1.29 is 14.7 Å². The van der Waals surface area contributed by atoms with E-state index < -0.39 is 6.10 Å². The molecule has 3 aromatic rings. The Morgan fingerprint density at radius 1 is 0.806 bits per heavy atom. The van der Waals surface area contributed by atoms with Crippen LogP contribution in [0.1, 0.15) is 62.3 Å². The third-order valence-electron chi connectivity index (χ3n) is 5.31. The third-order valence-corrected chi connectivity index (χ3v) is 5.31. The molecule has 0 aliphatic carbocycles. The molecule has 0 fully saturated rings. The van der Waals surface area contributed by atoms with Crippen LogP contribution >= 0.6 is 0 Å². The number of aromatic nitrogens is 1. The molecule has 4 N–H and O–H groups in total. The van der Waals surface area contributed by atoms with Crippen molar-refractivity contribution in [3.63, 3.8) is 0 Å². The van der Waals surface area contributed by atoms with Gasteiger partial charge in [0, 0.05) is 47.8 Å². The number of anilines is 1. The number of hydrogen-bond donors (Lipinski definition) is 4. The zero-order valence-corrected chi connectivity index (χ0v) is 22.1. The van der Waals surface area contributed by atoms with Crippen LogP contribution in [-0.2, 0) is 6.54 Å². The van der Waals surface area contributed by atoms with E-state index in [-0.39, 0.29) is 36.0 Å². The second-order valence-electron chi connectivity index (χ2n) is 11.1. The third kappa shape index (κ3) is 7.71. The fraction of sp³-hybridized carbons (Fsp3) is 0.379. The van der Waals surface area contributed by atoms with Gasteiger partial charge >= 0.3 is 0 Å². The van der Waals surface area contributed by atoms with Crippen molar-refractivity contribution in [2.75, 3.05) is 11.9 Å². The molecule has 0 spiro atoms. The van der Waals surface area contributed by atoms with Crippen LogP contribution in [0.15, 0.2) is 67.0 Å². The highest BCUT2D eigenvalue weighted by molar-refractivity contribution is 6.01. The van der Waals surface area contributed by atoms with Gasteiger partial charge in [0.2, 0.25) is 0 Å². The van der Waals surface area contributed by atoms with Gasteiger partial charge < -0.3 is 25.6 Å². The summed E-state index contributed by atoms with van der Waals surface area (Å²) in [5.41, 5.74) is 2.74. The molecule has 1 atom stereocenters. The van der Waals surface area contributed by atoms with Gasteiger partial charge in [-0.05, 0) is 59.2 Å². The Hall–Kier alpha value is -3.58. The SMILES string of the molecule is CC(C)(C)NC(=O)c1ccccc1NCC(O)Cn1cc(C(=O)NC(C)(C)C)c(-c2ccccc2)c1. The summed E-state index contributed by atoms with van der Waals surface area (Å²) in [5.74, 6) is -0.334. The molecule has 192 valence electrons. The highest BCUT2D eigenvalue weighted by Crippen LogP contribution is 2.26. The van der Waals surface area contributed by atoms with E-state index in [1.807, 2.05) is 101 Å². The largest absolute Gasteiger partial charge is 0.389 e. The Balaban J connectivity index is 1.75. The summed E-state index contributed by atoms with van der Waals surface area (Å²) in [5, 5.41) is 20.0. The van der Waals surface area contributed by atoms with Gasteiger partial charge in [-0.15, -0.1) is 0 Å². The molecule has 0 aliphatic rings. The van der Waals surface area contributed by atoms with Gasteiger partial charge in [-0.25, -0.2) is 0 Å². The second-order valence-corrected chi connectivity index (χ2v) is 11.1. The highest BCUT2D eigenvalue weighted by atomic mass is 16.3. The summed E-state index contributed by atoms with van der Waals surface area (Å²) in [4.78, 5) is 25.7. The molecule has 36 heavy (non-hydrogen) atoms. The van der Waals surface area contributed by atoms with Crippen LogP contribution in [0.2, 0.25) is 0 Å². The lowest BCUT2D eigenvalue weighted by Crippen LogP contribution is -2.41. The van der Waals surface area contributed by atoms with Crippen molar-refractivity contribution in [3.8, 4) is 11.1 Å². The van der Waals surface area contributed by atoms with Crippen molar-refractivity contribution in [1.29, 1.82) is 0 Å². The first kappa shape index (κ1) is 27.0. The Kier molecular flexibility index (Phi) is 8.25. The number of hydrogen-bond acceptors (Lipinski definition) is 4. The summed E-state index contributed by atoms with van der Waals surface area (Å²) in [6.45, 7) is 12.1. The molecule has 0 bridgehead atoms. The summed E-state index contributed by atoms with van der Waals surface area (Å²) in [7, 11) is 0. The minimum atomic E-state index is -0.752. The fourth-order valence-electron chi connectivity index (χ4n) is 3.83. The number of nitrogens with zero attached hydrogens (tertiary/aromatic N) is 1. The monoisotopic (exact) mass is 490 g/mol. The van der Waals surface area contributed by atoms with E-state index >= 15 is 0 Å². The number of nitrogens with one attached hydrogen (secondary N) is 3. The van der Waals surface area contributed by atoms with E-state index in [1.54, 1.807) is 12.3 Å². The van der Waals surface area contributed by atoms with Crippen LogP contribution in [0.25, 0.3) is 11.1 Å². The Labute approximate surface area is 213 Å². The molecule has 1 aromatic heterocycles. The Morgan fingerprint density at radius 3 is 1.97 bits per heavy atom. The summed E-state index contributed by atoms with van der Waals surface area (Å²) in [6.07, 6.45) is 2.91. The zero-order valence-electron chi connectivity index (χ0n) is 22.1. The van der Waals surface area contributed by atoms with Gasteiger partial charge in [0.25, 0.3) is 11.8 Å². The summed E-state index contributed by atoms with van der Waals surface area (Å²) < 4.78 is 1.84. The van der Waals surface area contributed by atoms with Gasteiger partial charge in [-0.3, -0.25) is 9.59 Å². The van der Waals surface area contributed by atoms with Gasteiger partial charge in [-0.1, -0.05) is 42.5 Å². The van der Waals surface area contributed by atoms with Crippen molar-refractivity contribution in [2.45, 2.75) is 65.3 Å². The number of amides is 2. The molecule has 1 heterocycles. The topological polar surface area (TPSA) is 95.4 Å². The first-order chi connectivity index (χ1) is 16.8. The number of carbonyl (C=O) groups excluding carboxylic acids is 2. The zero-order chi connectivity index (χ0) is 26.5. The van der Waals surface area contributed by atoms with Crippen molar-refractivity contribution >= 4 is 17.5 Å². The Morgan fingerprint density at radius 2 is 1.36 bits per heavy atom. The predicted molar refractivity (Wildman–Crippen MR) is 145 cm³/mol. The van der Waals surface area contributed by atoms with Gasteiger partial charge in [-0.2, -0.15) is 0 Å². The predicted octanol–water partition coefficient (Wildman–Crippen LogP) is 4.68. The van der Waals surface area contributed by atoms with E-state index in [4.69, 9.17) is 0 Å². The number of aliphatic hydroxyl groups is 1. The van der Waals surface area contributed by atoms with Crippen molar-refractivity contribution in [2.24, 2.45) is 0 Å². The lowest BCUT2D eigenvalue weighted by Gasteiger charge is -2.22. The molecule has 0 saturated carbocycles. The van der Waals surface area contributed by atoms with Gasteiger partial charge in [0.15, 0.2) is 0 Å². The number of aliphatic hydroxyl groups excluding tert-OH is 1. The summed E-state index contributed by atoms with van der Waals surface area (Å²) >= 11 is 0. The number of benzene rings is 2. The van der Waals surface area contributed by atoms with Crippen LogP contribution in [0.4, 0.5) is 5.69 Å². The molecule has 7 nitrogen and oxygen atoms in total. The van der Waals surface area contributed by atoms with Gasteiger partial charge in [0.1, 0.15) is 0 Å². The molecule has 3 rings (SSSR count). The van der Waals surface area contributed by atoms with Gasteiger partial charge in [0.05, 0.1) is 17.2 Å². The maximum Gasteiger partial charge on any atom is 0.253 e. The van der Waals surface area contributed by atoms with Crippen molar-refractivity contribution in [1.82, 2.24) is 15.2 Å². The standard InChI is InChI=1S/C29H38N4O3/c1-28(2,3)31-26(35)22-14-10-11-15-25(22)30-16-21(34)17-33-18-23(20-12-8-7-9-13-20)24(19-33)27(36)32-29(4,5)6/h7-15,18-19,21,30,34H,16-17H2,1-6H3,(H,31,35)(H,32,36). The van der Waals surface area contributed by atoms with E-state index in [0.29, 0.717) is 16.8 Å². The summed E-state index contributed by atoms with van der Waals surface area (Å²) in [6, 6.07) is 17.0. The lowest BCUT2D eigenvalue weighted by molar-refractivity contribution is 0.0910. The number of rotatable bonds is 8. The Bertz CT molecular complexity index is 1190. The van der Waals surface area contributed by atoms with Crippen LogP contribution in [0.5, 0.6) is 0 Å². The number of carbonyl (C=O) groups is 2. The second kappa shape index (κ2) is 11.0. The molecule has 0 aliphatic heterocycles. The molecule has 2 aromatic carbocycles. The van der Waals surface area contributed by atoms with Crippen LogP contribution in [0.3, 0.4) is 0 Å².